The molecule has 7 heteroatoms. The van der Waals surface area contributed by atoms with Crippen LogP contribution >= 0.6 is 0 Å². The highest BCUT2D eigenvalue weighted by atomic mass is 19.1. The normalized spacial score (nSPS) is 9.05. The zero-order valence-electron chi connectivity index (χ0n) is 11.3. The van der Waals surface area contributed by atoms with E-state index in [1.165, 1.54) is 12.3 Å². The van der Waals surface area contributed by atoms with Crippen LogP contribution in [0.25, 0.3) is 11.4 Å². The molecule has 1 aromatic carbocycles. The van der Waals surface area contributed by atoms with E-state index in [9.17, 15) is 4.39 Å². The molecule has 6 nitrogen and oxygen atoms in total. The third kappa shape index (κ3) is 5.05. The minimum atomic E-state index is -0.395. The fourth-order valence-electron chi connectivity index (χ4n) is 1.46. The summed E-state index contributed by atoms with van der Waals surface area (Å²) in [4.78, 5) is 8.21. The molecule has 0 saturated carbocycles. The van der Waals surface area contributed by atoms with Gasteiger partial charge >= 0.3 is 0 Å². The largest absolute Gasteiger partial charge is 0.323 e. The maximum Gasteiger partial charge on any atom is 0.162 e. The van der Waals surface area contributed by atoms with Gasteiger partial charge in [0.1, 0.15) is 5.82 Å². The first-order chi connectivity index (χ1) is 10.2. The molecule has 1 heterocycles. The first-order valence-electron chi connectivity index (χ1n) is 5.55. The lowest BCUT2D eigenvalue weighted by Gasteiger charge is -2.03. The smallest absolute Gasteiger partial charge is 0.162 e. The Kier molecular flexibility index (Phi) is 8.07. The molecule has 2 N–H and O–H groups in total. The van der Waals surface area contributed by atoms with Gasteiger partial charge in [0.25, 0.3) is 0 Å². The Labute approximate surface area is 122 Å². The van der Waals surface area contributed by atoms with E-state index in [-0.39, 0.29) is 0 Å². The lowest BCUT2D eigenvalue weighted by atomic mass is 10.1. The minimum Gasteiger partial charge on any atom is -0.323 e. The molecule has 0 bridgehead atoms. The van der Waals surface area contributed by atoms with Crippen molar-refractivity contribution in [2.45, 2.75) is 6.92 Å². The van der Waals surface area contributed by atoms with Crippen LogP contribution in [0.15, 0.2) is 35.6 Å². The van der Waals surface area contributed by atoms with E-state index in [4.69, 9.17) is 16.4 Å². The Balaban J connectivity index is 0.000000921. The first-order valence-corrected chi connectivity index (χ1v) is 5.55. The number of nitrogens with zero attached hydrogens (tertiary/aromatic N) is 5. The number of halogens is 1. The summed E-state index contributed by atoms with van der Waals surface area (Å²) in [6, 6.07) is 6.43. The molecule has 2 rings (SSSR count). The van der Waals surface area contributed by atoms with Crippen LogP contribution in [0.5, 0.6) is 0 Å². The molecular weight excluding hydrogens is 271 g/mol. The fraction of sp³-hybridized carbons (Fsp3) is 0.0714. The average molecular weight is 284 g/mol. The van der Waals surface area contributed by atoms with E-state index in [2.05, 4.69) is 28.2 Å². The van der Waals surface area contributed by atoms with Gasteiger partial charge in [-0.3, -0.25) is 0 Å². The highest BCUT2D eigenvalue weighted by Gasteiger charge is 2.08. The molecular formula is C14H13FN6. The summed E-state index contributed by atoms with van der Waals surface area (Å²) < 4.78 is 13.8. The van der Waals surface area contributed by atoms with Crippen molar-refractivity contribution in [3.05, 3.63) is 47.5 Å². The quantitative estimate of drug-likeness (QED) is 0.516. The number of benzene rings is 1. The standard InChI is InChI=1S/C12H11FN4.2CHN/c1-8-4-5-15-12(17-8)10-3-2-9(7-16-14)6-11(10)13;2*1-2/h2-7H,14H2,1H3;2*1H. The Bertz CT molecular complexity index is 642. The number of hydrazone groups is 1. The molecule has 0 atom stereocenters. The van der Waals surface area contributed by atoms with Crippen molar-refractivity contribution in [3.63, 3.8) is 0 Å². The van der Waals surface area contributed by atoms with E-state index in [0.29, 0.717) is 17.0 Å². The van der Waals surface area contributed by atoms with E-state index in [0.717, 1.165) is 5.69 Å². The SMILES string of the molecule is C#N.C#N.Cc1ccnc(-c2ccc(C=NN)cc2F)n1. The summed E-state index contributed by atoms with van der Waals surface area (Å²) in [6.07, 6.45) is 2.98. The van der Waals surface area contributed by atoms with E-state index < -0.39 is 5.82 Å². The van der Waals surface area contributed by atoms with Gasteiger partial charge in [0.2, 0.25) is 0 Å². The number of aromatic nitrogens is 2. The minimum absolute atomic E-state index is 0.364. The second-order valence-electron chi connectivity index (χ2n) is 3.54. The molecule has 0 saturated heterocycles. The Morgan fingerprint density at radius 2 is 1.90 bits per heavy atom. The van der Waals surface area contributed by atoms with Crippen molar-refractivity contribution in [3.8, 4) is 24.5 Å². The van der Waals surface area contributed by atoms with Crippen molar-refractivity contribution in [1.29, 1.82) is 10.5 Å². The van der Waals surface area contributed by atoms with Crippen molar-refractivity contribution in [1.82, 2.24) is 9.97 Å². The van der Waals surface area contributed by atoms with E-state index >= 15 is 0 Å². The molecule has 0 unspecified atom stereocenters. The zero-order valence-corrected chi connectivity index (χ0v) is 11.3. The first kappa shape index (κ1) is 17.7. The molecule has 0 spiro atoms. The maximum absolute atomic E-state index is 13.8. The predicted molar refractivity (Wildman–Crippen MR) is 77.3 cm³/mol. The van der Waals surface area contributed by atoms with Gasteiger partial charge in [0.05, 0.1) is 11.8 Å². The van der Waals surface area contributed by atoms with Gasteiger partial charge in [-0.1, -0.05) is 6.07 Å². The van der Waals surface area contributed by atoms with Crippen molar-refractivity contribution < 1.29 is 4.39 Å². The van der Waals surface area contributed by atoms with Crippen LogP contribution in [0.4, 0.5) is 4.39 Å². The molecule has 21 heavy (non-hydrogen) atoms. The van der Waals surface area contributed by atoms with Crippen LogP contribution in [0.1, 0.15) is 11.3 Å². The second-order valence-corrected chi connectivity index (χ2v) is 3.54. The molecule has 0 radical (unpaired) electrons. The fourth-order valence-corrected chi connectivity index (χ4v) is 1.46. The Morgan fingerprint density at radius 3 is 2.43 bits per heavy atom. The lowest BCUT2D eigenvalue weighted by Crippen LogP contribution is -1.95. The van der Waals surface area contributed by atoms with Gasteiger partial charge in [-0.15, -0.1) is 0 Å². The molecule has 0 aliphatic heterocycles. The number of aryl methyl sites for hydroxylation is 1. The van der Waals surface area contributed by atoms with Crippen molar-refractivity contribution in [2.24, 2.45) is 10.9 Å². The molecule has 2 aromatic rings. The van der Waals surface area contributed by atoms with Gasteiger partial charge in [-0.05, 0) is 30.7 Å². The number of hydrogen-bond donors (Lipinski definition) is 1. The summed E-state index contributed by atoms with van der Waals surface area (Å²) in [7, 11) is 0. The molecule has 0 fully saturated rings. The molecule has 0 aliphatic rings. The summed E-state index contributed by atoms with van der Waals surface area (Å²) in [5, 5.41) is 16.3. The van der Waals surface area contributed by atoms with Gasteiger partial charge in [-0.25, -0.2) is 24.9 Å². The predicted octanol–water partition coefficient (Wildman–Crippen LogP) is 2.16. The molecule has 106 valence electrons. The highest BCUT2D eigenvalue weighted by Crippen LogP contribution is 2.19. The van der Waals surface area contributed by atoms with Gasteiger partial charge in [0, 0.05) is 25.0 Å². The summed E-state index contributed by atoms with van der Waals surface area (Å²) in [6.45, 7) is 8.83. The van der Waals surface area contributed by atoms with Crippen LogP contribution in [0, 0.1) is 36.4 Å². The summed E-state index contributed by atoms with van der Waals surface area (Å²) >= 11 is 0. The Hall–Kier alpha value is -3.32. The number of hydrogen-bond acceptors (Lipinski definition) is 6. The molecule has 0 aliphatic carbocycles. The highest BCUT2D eigenvalue weighted by molar-refractivity contribution is 5.80. The van der Waals surface area contributed by atoms with Crippen LogP contribution < -0.4 is 5.84 Å². The summed E-state index contributed by atoms with van der Waals surface area (Å²) in [5.41, 5.74) is 1.76. The Morgan fingerprint density at radius 1 is 1.24 bits per heavy atom. The van der Waals surface area contributed by atoms with Crippen LogP contribution in [-0.2, 0) is 0 Å². The lowest BCUT2D eigenvalue weighted by molar-refractivity contribution is 0.629. The van der Waals surface area contributed by atoms with Crippen molar-refractivity contribution >= 4 is 6.21 Å². The second kappa shape index (κ2) is 9.59. The number of nitrogens with two attached hydrogens (primary N) is 1. The third-order valence-corrected chi connectivity index (χ3v) is 2.25. The van der Waals surface area contributed by atoms with E-state index in [1.807, 2.05) is 6.92 Å². The topological polar surface area (TPSA) is 112 Å². The van der Waals surface area contributed by atoms with Gasteiger partial charge in [-0.2, -0.15) is 5.10 Å². The average Bonchev–Trinajstić information content (AvgIpc) is 2.52. The van der Waals surface area contributed by atoms with Crippen LogP contribution in [0.2, 0.25) is 0 Å². The third-order valence-electron chi connectivity index (χ3n) is 2.25. The maximum atomic E-state index is 13.8. The van der Waals surface area contributed by atoms with E-state index in [1.54, 1.807) is 24.4 Å². The summed E-state index contributed by atoms with van der Waals surface area (Å²) in [5.74, 6) is 4.98. The van der Waals surface area contributed by atoms with Crippen LogP contribution in [-0.4, -0.2) is 16.2 Å². The van der Waals surface area contributed by atoms with Gasteiger partial charge < -0.3 is 5.84 Å². The van der Waals surface area contributed by atoms with Gasteiger partial charge in [0.15, 0.2) is 5.82 Å². The zero-order chi connectivity index (χ0) is 16.3. The van der Waals surface area contributed by atoms with Crippen LogP contribution in [0.3, 0.4) is 0 Å². The number of nitriles is 2. The number of rotatable bonds is 2. The molecule has 1 aromatic heterocycles. The van der Waals surface area contributed by atoms with Crippen molar-refractivity contribution in [2.75, 3.05) is 0 Å². The molecule has 0 amide bonds. The monoisotopic (exact) mass is 284 g/mol.